The molecular weight excluding hydrogens is 210 g/mol. The summed E-state index contributed by atoms with van der Waals surface area (Å²) < 4.78 is 4.69. The first kappa shape index (κ1) is 10.5. The second-order valence-corrected chi connectivity index (χ2v) is 4.64. The zero-order valence-corrected chi connectivity index (χ0v) is 9.42. The van der Waals surface area contributed by atoms with Crippen LogP contribution in [0.3, 0.4) is 0 Å². The van der Waals surface area contributed by atoms with Gasteiger partial charge in [0, 0.05) is 17.0 Å². The lowest BCUT2D eigenvalue weighted by Gasteiger charge is -2.22. The Hall–Kier alpha value is -1.03. The molecule has 0 N–H and O–H groups in total. The Morgan fingerprint density at radius 2 is 2.60 bits per heavy atom. The van der Waals surface area contributed by atoms with E-state index in [4.69, 9.17) is 4.74 Å². The number of nitrogens with zero attached hydrogens (tertiary/aromatic N) is 1. The van der Waals surface area contributed by atoms with E-state index in [0.717, 1.165) is 17.9 Å². The molecule has 1 aromatic heterocycles. The molecule has 0 saturated carbocycles. The Labute approximate surface area is 93.2 Å². The molecule has 0 saturated heterocycles. The molecule has 0 fully saturated rings. The van der Waals surface area contributed by atoms with Gasteiger partial charge in [0.15, 0.2) is 0 Å². The highest BCUT2D eigenvalue weighted by molar-refractivity contribution is 7.99. The van der Waals surface area contributed by atoms with E-state index in [0.29, 0.717) is 6.42 Å². The Balaban J connectivity index is 2.18. The highest BCUT2D eigenvalue weighted by atomic mass is 32.2. The molecule has 3 nitrogen and oxygen atoms in total. The van der Waals surface area contributed by atoms with Gasteiger partial charge in [0.05, 0.1) is 19.2 Å². The zero-order valence-electron chi connectivity index (χ0n) is 8.60. The largest absolute Gasteiger partial charge is 0.469 e. The van der Waals surface area contributed by atoms with E-state index in [1.807, 2.05) is 17.8 Å². The number of carbonyl (C=O) groups is 1. The summed E-state index contributed by atoms with van der Waals surface area (Å²) in [6.45, 7) is 0. The summed E-state index contributed by atoms with van der Waals surface area (Å²) in [6, 6.07) is 4.00. The molecule has 0 amide bonds. The summed E-state index contributed by atoms with van der Waals surface area (Å²) in [5.41, 5.74) is 1.05. The molecule has 1 atom stereocenters. The number of hydrogen-bond donors (Lipinski definition) is 0. The van der Waals surface area contributed by atoms with Crippen LogP contribution in [0.5, 0.6) is 0 Å². The summed E-state index contributed by atoms with van der Waals surface area (Å²) in [5.74, 6) is 1.14. The molecule has 0 bridgehead atoms. The van der Waals surface area contributed by atoms with Crippen molar-refractivity contribution in [3.8, 4) is 0 Å². The number of methoxy groups -OCH3 is 1. The summed E-state index contributed by atoms with van der Waals surface area (Å²) in [4.78, 5) is 16.8. The Morgan fingerprint density at radius 1 is 1.73 bits per heavy atom. The van der Waals surface area contributed by atoms with Gasteiger partial charge in [-0.05, 0) is 24.3 Å². The van der Waals surface area contributed by atoms with Gasteiger partial charge in [-0.3, -0.25) is 9.78 Å². The van der Waals surface area contributed by atoms with Crippen LogP contribution in [0.25, 0.3) is 0 Å². The molecule has 2 heterocycles. The lowest BCUT2D eigenvalue weighted by atomic mass is 9.97. The number of esters is 1. The second-order valence-electron chi connectivity index (χ2n) is 3.50. The topological polar surface area (TPSA) is 39.2 Å². The molecule has 1 aliphatic heterocycles. The van der Waals surface area contributed by atoms with Crippen LogP contribution in [0.4, 0.5) is 0 Å². The number of thioether (sulfide) groups is 1. The van der Waals surface area contributed by atoms with Crippen molar-refractivity contribution in [2.24, 2.45) is 0 Å². The van der Waals surface area contributed by atoms with Crippen LogP contribution in [-0.4, -0.2) is 23.8 Å². The van der Waals surface area contributed by atoms with E-state index in [2.05, 4.69) is 11.1 Å². The van der Waals surface area contributed by atoms with Gasteiger partial charge in [-0.25, -0.2) is 0 Å². The number of pyridine rings is 1. The fourth-order valence-electron chi connectivity index (χ4n) is 1.76. The molecule has 15 heavy (non-hydrogen) atoms. The second kappa shape index (κ2) is 4.66. The molecule has 1 aliphatic rings. The zero-order chi connectivity index (χ0) is 10.7. The molecule has 0 aromatic carbocycles. The number of fused-ring (bicyclic) bond motifs is 1. The van der Waals surface area contributed by atoms with Gasteiger partial charge in [0.1, 0.15) is 0 Å². The van der Waals surface area contributed by atoms with Crippen molar-refractivity contribution in [2.75, 3.05) is 12.9 Å². The fourth-order valence-corrected chi connectivity index (χ4v) is 2.93. The van der Waals surface area contributed by atoms with Crippen molar-refractivity contribution in [1.82, 2.24) is 4.98 Å². The predicted molar refractivity (Wildman–Crippen MR) is 59.0 cm³/mol. The molecule has 80 valence electrons. The minimum Gasteiger partial charge on any atom is -0.469 e. The smallest absolute Gasteiger partial charge is 0.306 e. The third kappa shape index (κ3) is 2.31. The minimum absolute atomic E-state index is 0.150. The van der Waals surface area contributed by atoms with E-state index in [1.54, 1.807) is 6.20 Å². The summed E-state index contributed by atoms with van der Waals surface area (Å²) in [7, 11) is 1.43. The Kier molecular flexibility index (Phi) is 3.26. The van der Waals surface area contributed by atoms with E-state index in [9.17, 15) is 4.79 Å². The molecule has 0 spiro atoms. The summed E-state index contributed by atoms with van der Waals surface area (Å²) in [6.07, 6.45) is 3.24. The van der Waals surface area contributed by atoms with Crippen LogP contribution < -0.4 is 0 Å². The number of aromatic nitrogens is 1. The monoisotopic (exact) mass is 223 g/mol. The lowest BCUT2D eigenvalue weighted by molar-refractivity contribution is -0.141. The van der Waals surface area contributed by atoms with Gasteiger partial charge in [-0.15, -0.1) is 11.8 Å². The quantitative estimate of drug-likeness (QED) is 0.721. The normalized spacial score (nSPS) is 19.4. The first-order valence-electron chi connectivity index (χ1n) is 4.96. The van der Waals surface area contributed by atoms with Crippen molar-refractivity contribution in [1.29, 1.82) is 0 Å². The first-order valence-corrected chi connectivity index (χ1v) is 5.94. The standard InChI is InChI=1S/C11H13NO2S/c1-14-10(13)7-8-4-6-15-9-3-2-5-12-11(8)9/h2-3,5,8H,4,6-7H2,1H3/t8-/m0/s1. The molecule has 0 aliphatic carbocycles. The van der Waals surface area contributed by atoms with Gasteiger partial charge in [-0.2, -0.15) is 0 Å². The molecule has 0 radical (unpaired) electrons. The number of ether oxygens (including phenoxy) is 1. The maximum atomic E-state index is 11.2. The van der Waals surface area contributed by atoms with E-state index in [1.165, 1.54) is 12.0 Å². The van der Waals surface area contributed by atoms with Crippen LogP contribution in [0.2, 0.25) is 0 Å². The van der Waals surface area contributed by atoms with Crippen LogP contribution in [0.1, 0.15) is 24.5 Å². The Bertz CT molecular complexity index is 367. The van der Waals surface area contributed by atoms with Gasteiger partial charge < -0.3 is 4.74 Å². The predicted octanol–water partition coefficient (Wildman–Crippen LogP) is 2.22. The fraction of sp³-hybridized carbons (Fsp3) is 0.455. The van der Waals surface area contributed by atoms with Crippen molar-refractivity contribution in [3.63, 3.8) is 0 Å². The highest BCUT2D eigenvalue weighted by Crippen LogP contribution is 2.37. The first-order chi connectivity index (χ1) is 7.31. The Morgan fingerprint density at radius 3 is 3.40 bits per heavy atom. The van der Waals surface area contributed by atoms with Crippen molar-refractivity contribution in [3.05, 3.63) is 24.0 Å². The van der Waals surface area contributed by atoms with Crippen LogP contribution in [0, 0.1) is 0 Å². The number of rotatable bonds is 2. The average molecular weight is 223 g/mol. The van der Waals surface area contributed by atoms with Gasteiger partial charge in [-0.1, -0.05) is 0 Å². The van der Waals surface area contributed by atoms with Gasteiger partial charge in [0.2, 0.25) is 0 Å². The third-order valence-corrected chi connectivity index (χ3v) is 3.65. The highest BCUT2D eigenvalue weighted by Gasteiger charge is 2.24. The average Bonchev–Trinajstić information content (AvgIpc) is 2.29. The van der Waals surface area contributed by atoms with Crippen molar-refractivity contribution >= 4 is 17.7 Å². The molecule has 1 aromatic rings. The summed E-state index contributed by atoms with van der Waals surface area (Å²) >= 11 is 1.81. The summed E-state index contributed by atoms with van der Waals surface area (Å²) in [5, 5.41) is 0. The maximum Gasteiger partial charge on any atom is 0.306 e. The van der Waals surface area contributed by atoms with Crippen molar-refractivity contribution in [2.45, 2.75) is 23.7 Å². The van der Waals surface area contributed by atoms with E-state index in [-0.39, 0.29) is 11.9 Å². The lowest BCUT2D eigenvalue weighted by Crippen LogP contribution is -2.14. The number of carbonyl (C=O) groups excluding carboxylic acids is 1. The molecular formula is C11H13NO2S. The molecule has 4 heteroatoms. The van der Waals surface area contributed by atoms with Crippen LogP contribution in [-0.2, 0) is 9.53 Å². The molecule has 0 unspecified atom stereocenters. The van der Waals surface area contributed by atoms with Gasteiger partial charge >= 0.3 is 5.97 Å². The van der Waals surface area contributed by atoms with Crippen LogP contribution in [0.15, 0.2) is 23.2 Å². The number of hydrogen-bond acceptors (Lipinski definition) is 4. The van der Waals surface area contributed by atoms with Crippen LogP contribution >= 0.6 is 11.8 Å². The SMILES string of the molecule is COC(=O)C[C@@H]1CCSc2cccnc21. The maximum absolute atomic E-state index is 11.2. The van der Waals surface area contributed by atoms with E-state index >= 15 is 0 Å². The molecule has 2 rings (SSSR count). The minimum atomic E-state index is -0.150. The van der Waals surface area contributed by atoms with E-state index < -0.39 is 0 Å². The van der Waals surface area contributed by atoms with Crippen molar-refractivity contribution < 1.29 is 9.53 Å². The van der Waals surface area contributed by atoms with Gasteiger partial charge in [0.25, 0.3) is 0 Å². The third-order valence-electron chi connectivity index (χ3n) is 2.55.